The van der Waals surface area contributed by atoms with Crippen molar-refractivity contribution >= 4 is 35.1 Å². The number of esters is 1. The topological polar surface area (TPSA) is 103 Å². The van der Waals surface area contributed by atoms with E-state index in [2.05, 4.69) is 10.6 Å². The molecular weight excluding hydrogens is 388 g/mol. The van der Waals surface area contributed by atoms with Gasteiger partial charge < -0.3 is 24.8 Å². The molecule has 0 spiro atoms. The lowest BCUT2D eigenvalue weighted by Crippen LogP contribution is -2.32. The van der Waals surface area contributed by atoms with Crippen LogP contribution >= 0.6 is 11.6 Å². The minimum absolute atomic E-state index is 0.332. The SMILES string of the molecule is COc1ccc(C(=O)NCC(=O)OCC(=O)Nc2ccc(OC)c(Cl)c2)cc1. The predicted molar refractivity (Wildman–Crippen MR) is 103 cm³/mol. The van der Waals surface area contributed by atoms with Crippen LogP contribution in [0.15, 0.2) is 42.5 Å². The summed E-state index contributed by atoms with van der Waals surface area (Å²) in [6.45, 7) is -0.868. The number of hydrogen-bond acceptors (Lipinski definition) is 6. The standard InChI is InChI=1S/C19H19ClN2O6/c1-26-14-6-3-12(4-7-14)19(25)21-10-18(24)28-11-17(23)22-13-5-8-16(27-2)15(20)9-13/h3-9H,10-11H2,1-2H3,(H,21,25)(H,22,23). The fraction of sp³-hybridized carbons (Fsp3) is 0.211. The number of rotatable bonds is 8. The molecule has 0 aromatic heterocycles. The number of amides is 2. The molecule has 2 rings (SSSR count). The molecule has 2 aromatic carbocycles. The first-order valence-electron chi connectivity index (χ1n) is 8.14. The van der Waals surface area contributed by atoms with Crippen molar-refractivity contribution in [1.29, 1.82) is 0 Å². The normalized spacial score (nSPS) is 9.96. The van der Waals surface area contributed by atoms with Crippen LogP contribution in [0.3, 0.4) is 0 Å². The van der Waals surface area contributed by atoms with Crippen LogP contribution in [0.25, 0.3) is 0 Å². The summed E-state index contributed by atoms with van der Waals surface area (Å²) in [5.41, 5.74) is 0.794. The lowest BCUT2D eigenvalue weighted by molar-refractivity contribution is -0.146. The quantitative estimate of drug-likeness (QED) is 0.652. The Bertz CT molecular complexity index is 854. The molecule has 2 amide bonds. The summed E-state index contributed by atoms with van der Waals surface area (Å²) in [7, 11) is 3.00. The van der Waals surface area contributed by atoms with E-state index in [1.54, 1.807) is 36.4 Å². The maximum atomic E-state index is 12.0. The summed E-state index contributed by atoms with van der Waals surface area (Å²) < 4.78 is 14.9. The van der Waals surface area contributed by atoms with E-state index in [0.29, 0.717) is 27.8 Å². The summed E-state index contributed by atoms with van der Waals surface area (Å²) in [4.78, 5) is 35.5. The fourth-order valence-electron chi connectivity index (χ4n) is 2.14. The van der Waals surface area contributed by atoms with E-state index in [-0.39, 0.29) is 6.54 Å². The molecule has 0 saturated heterocycles. The molecule has 0 unspecified atom stereocenters. The first kappa shape index (κ1) is 21.0. The van der Waals surface area contributed by atoms with Gasteiger partial charge in [-0.05, 0) is 42.5 Å². The average Bonchev–Trinajstić information content (AvgIpc) is 2.70. The monoisotopic (exact) mass is 406 g/mol. The van der Waals surface area contributed by atoms with Gasteiger partial charge in [-0.15, -0.1) is 0 Å². The van der Waals surface area contributed by atoms with Crippen molar-refractivity contribution in [2.75, 3.05) is 32.7 Å². The van der Waals surface area contributed by atoms with Crippen LogP contribution in [0, 0.1) is 0 Å². The number of benzene rings is 2. The van der Waals surface area contributed by atoms with Crippen LogP contribution in [0.2, 0.25) is 5.02 Å². The highest BCUT2D eigenvalue weighted by atomic mass is 35.5. The number of halogens is 1. The smallest absolute Gasteiger partial charge is 0.325 e. The number of nitrogens with one attached hydrogen (secondary N) is 2. The third-order valence-electron chi connectivity index (χ3n) is 3.55. The lowest BCUT2D eigenvalue weighted by atomic mass is 10.2. The maximum Gasteiger partial charge on any atom is 0.325 e. The molecule has 0 atom stereocenters. The summed E-state index contributed by atoms with van der Waals surface area (Å²) >= 11 is 5.97. The fourth-order valence-corrected chi connectivity index (χ4v) is 2.39. The number of anilines is 1. The second kappa shape index (κ2) is 10.2. The summed E-state index contributed by atoms with van der Waals surface area (Å²) in [6.07, 6.45) is 0. The van der Waals surface area contributed by atoms with Gasteiger partial charge in [0.2, 0.25) is 0 Å². The molecule has 148 valence electrons. The summed E-state index contributed by atoms with van der Waals surface area (Å²) in [5, 5.41) is 5.28. The van der Waals surface area contributed by atoms with E-state index >= 15 is 0 Å². The summed E-state index contributed by atoms with van der Waals surface area (Å²) in [6, 6.07) is 11.1. The largest absolute Gasteiger partial charge is 0.497 e. The third kappa shape index (κ3) is 6.17. The Balaban J connectivity index is 1.74. The number of methoxy groups -OCH3 is 2. The minimum Gasteiger partial charge on any atom is -0.497 e. The Morgan fingerprint density at radius 1 is 1.00 bits per heavy atom. The highest BCUT2D eigenvalue weighted by molar-refractivity contribution is 6.32. The molecule has 0 aliphatic carbocycles. The minimum atomic E-state index is -0.746. The number of carbonyl (C=O) groups is 3. The molecule has 28 heavy (non-hydrogen) atoms. The van der Waals surface area contributed by atoms with E-state index in [0.717, 1.165) is 0 Å². The van der Waals surface area contributed by atoms with Gasteiger partial charge in [0.1, 0.15) is 18.0 Å². The molecule has 2 N–H and O–H groups in total. The molecule has 0 aliphatic rings. The molecule has 9 heteroatoms. The van der Waals surface area contributed by atoms with E-state index in [4.69, 9.17) is 25.8 Å². The maximum absolute atomic E-state index is 12.0. The Morgan fingerprint density at radius 3 is 2.32 bits per heavy atom. The van der Waals surface area contributed by atoms with E-state index < -0.39 is 24.4 Å². The van der Waals surface area contributed by atoms with Crippen LogP contribution in [0.4, 0.5) is 5.69 Å². The molecule has 0 saturated carbocycles. The Morgan fingerprint density at radius 2 is 1.71 bits per heavy atom. The van der Waals surface area contributed by atoms with Gasteiger partial charge in [-0.25, -0.2) is 0 Å². The third-order valence-corrected chi connectivity index (χ3v) is 3.84. The van der Waals surface area contributed by atoms with E-state index in [1.807, 2.05) is 0 Å². The molecule has 0 heterocycles. The van der Waals surface area contributed by atoms with Crippen molar-refractivity contribution in [1.82, 2.24) is 5.32 Å². The van der Waals surface area contributed by atoms with E-state index in [9.17, 15) is 14.4 Å². The highest BCUT2D eigenvalue weighted by Gasteiger charge is 2.12. The molecule has 0 fully saturated rings. The van der Waals surface area contributed by atoms with Gasteiger partial charge in [0.15, 0.2) is 6.61 Å². The number of carbonyl (C=O) groups excluding carboxylic acids is 3. The van der Waals surface area contributed by atoms with Gasteiger partial charge in [-0.1, -0.05) is 11.6 Å². The molecular formula is C19H19ClN2O6. The van der Waals surface area contributed by atoms with Crippen LogP contribution in [-0.4, -0.2) is 45.2 Å². The van der Waals surface area contributed by atoms with Crippen molar-refractivity contribution in [2.24, 2.45) is 0 Å². The second-order valence-electron chi connectivity index (χ2n) is 5.47. The van der Waals surface area contributed by atoms with Gasteiger partial charge >= 0.3 is 5.97 Å². The van der Waals surface area contributed by atoms with Crippen molar-refractivity contribution in [3.63, 3.8) is 0 Å². The van der Waals surface area contributed by atoms with Gasteiger partial charge in [0.05, 0.1) is 19.2 Å². The molecule has 0 aliphatic heterocycles. The van der Waals surface area contributed by atoms with Crippen LogP contribution in [0.1, 0.15) is 10.4 Å². The van der Waals surface area contributed by atoms with Crippen molar-refractivity contribution in [3.05, 3.63) is 53.1 Å². The molecule has 0 bridgehead atoms. The van der Waals surface area contributed by atoms with Crippen LogP contribution < -0.4 is 20.1 Å². The van der Waals surface area contributed by atoms with Gasteiger partial charge in [0.25, 0.3) is 11.8 Å². The zero-order chi connectivity index (χ0) is 20.5. The molecule has 0 radical (unpaired) electrons. The molecule has 8 nitrogen and oxygen atoms in total. The second-order valence-corrected chi connectivity index (χ2v) is 5.88. The first-order valence-corrected chi connectivity index (χ1v) is 8.52. The van der Waals surface area contributed by atoms with Crippen LogP contribution in [0.5, 0.6) is 11.5 Å². The Labute approximate surface area is 166 Å². The van der Waals surface area contributed by atoms with Gasteiger partial charge in [0, 0.05) is 11.3 Å². The lowest BCUT2D eigenvalue weighted by Gasteiger charge is -2.09. The summed E-state index contributed by atoms with van der Waals surface area (Å²) in [5.74, 6) is -0.656. The first-order chi connectivity index (χ1) is 13.4. The van der Waals surface area contributed by atoms with Gasteiger partial charge in [-0.2, -0.15) is 0 Å². The van der Waals surface area contributed by atoms with Crippen molar-refractivity contribution < 1.29 is 28.6 Å². The highest BCUT2D eigenvalue weighted by Crippen LogP contribution is 2.27. The number of ether oxygens (including phenoxy) is 3. The van der Waals surface area contributed by atoms with E-state index in [1.165, 1.54) is 20.3 Å². The van der Waals surface area contributed by atoms with Gasteiger partial charge in [-0.3, -0.25) is 14.4 Å². The zero-order valence-electron chi connectivity index (χ0n) is 15.3. The predicted octanol–water partition coefficient (Wildman–Crippen LogP) is 2.27. The number of hydrogen-bond donors (Lipinski definition) is 2. The molecule has 2 aromatic rings. The van der Waals surface area contributed by atoms with Crippen molar-refractivity contribution in [2.45, 2.75) is 0 Å². The Kier molecular flexibility index (Phi) is 7.65. The Hall–Kier alpha value is -3.26. The van der Waals surface area contributed by atoms with Crippen LogP contribution in [-0.2, 0) is 14.3 Å². The zero-order valence-corrected chi connectivity index (χ0v) is 16.0. The average molecular weight is 407 g/mol. The van der Waals surface area contributed by atoms with Crippen molar-refractivity contribution in [3.8, 4) is 11.5 Å².